The zero-order valence-corrected chi connectivity index (χ0v) is 11.4. The average molecular weight is 244 g/mol. The summed E-state index contributed by atoms with van der Waals surface area (Å²) in [5.41, 5.74) is 3.33. The maximum Gasteiger partial charge on any atom is 0.209 e. The molecule has 1 heterocycles. The lowest BCUT2D eigenvalue weighted by Crippen LogP contribution is -2.21. The molecule has 0 saturated heterocycles. The topological polar surface area (TPSA) is 51.1 Å². The Labute approximate surface area is 97.7 Å². The second-order valence-electron chi connectivity index (χ2n) is 4.45. The molecule has 92 valence electrons. The molecule has 0 radical (unpaired) electrons. The molecule has 0 bridgehead atoms. The Morgan fingerprint density at radius 1 is 1.38 bits per heavy atom. The van der Waals surface area contributed by atoms with Crippen molar-refractivity contribution in [3.8, 4) is 0 Å². The summed E-state index contributed by atoms with van der Waals surface area (Å²) in [5, 5.41) is 0. The number of nitrogens with one attached hydrogen (secondary N) is 1. The van der Waals surface area contributed by atoms with E-state index in [1.54, 1.807) is 0 Å². The molecule has 0 amide bonds. The van der Waals surface area contributed by atoms with Crippen LogP contribution in [0.2, 0.25) is 0 Å². The summed E-state index contributed by atoms with van der Waals surface area (Å²) >= 11 is 0. The molecular weight excluding hydrogens is 224 g/mol. The van der Waals surface area contributed by atoms with Crippen LogP contribution in [0.3, 0.4) is 0 Å². The van der Waals surface area contributed by atoms with E-state index in [9.17, 15) is 8.42 Å². The second-order valence-corrected chi connectivity index (χ2v) is 6.29. The smallest absolute Gasteiger partial charge is 0.209 e. The molecule has 16 heavy (non-hydrogen) atoms. The van der Waals surface area contributed by atoms with E-state index in [1.807, 2.05) is 19.9 Å². The van der Waals surface area contributed by atoms with Gasteiger partial charge in [-0.1, -0.05) is 0 Å². The highest BCUT2D eigenvalue weighted by molar-refractivity contribution is 7.88. The Hall–Kier alpha value is -0.810. The van der Waals surface area contributed by atoms with Crippen molar-refractivity contribution in [3.05, 3.63) is 23.0 Å². The lowest BCUT2D eigenvalue weighted by molar-refractivity contribution is 0.571. The van der Waals surface area contributed by atoms with E-state index in [0.717, 1.165) is 17.0 Å². The predicted molar refractivity (Wildman–Crippen MR) is 66.0 cm³/mol. The van der Waals surface area contributed by atoms with Gasteiger partial charge < -0.3 is 4.57 Å². The first-order valence-electron chi connectivity index (χ1n) is 5.34. The van der Waals surface area contributed by atoms with Crippen molar-refractivity contribution in [2.45, 2.75) is 40.3 Å². The Kier molecular flexibility index (Phi) is 3.80. The van der Waals surface area contributed by atoms with Gasteiger partial charge in [0.05, 0.1) is 6.26 Å². The van der Waals surface area contributed by atoms with Crippen molar-refractivity contribution in [1.82, 2.24) is 9.29 Å². The quantitative estimate of drug-likeness (QED) is 0.877. The van der Waals surface area contributed by atoms with Gasteiger partial charge in [0.25, 0.3) is 0 Å². The third kappa shape index (κ3) is 3.09. The van der Waals surface area contributed by atoms with Gasteiger partial charge >= 0.3 is 0 Å². The molecule has 0 aliphatic heterocycles. The molecule has 0 atom stereocenters. The first-order chi connectivity index (χ1) is 7.22. The Morgan fingerprint density at radius 3 is 2.31 bits per heavy atom. The molecule has 0 aliphatic carbocycles. The van der Waals surface area contributed by atoms with E-state index in [-0.39, 0.29) is 0 Å². The van der Waals surface area contributed by atoms with E-state index < -0.39 is 10.0 Å². The maximum atomic E-state index is 11.0. The minimum atomic E-state index is -3.12. The zero-order chi connectivity index (χ0) is 12.5. The molecular formula is C11H20N2O2S. The van der Waals surface area contributed by atoms with Crippen LogP contribution in [-0.4, -0.2) is 19.2 Å². The van der Waals surface area contributed by atoms with Gasteiger partial charge in [0.2, 0.25) is 10.0 Å². The fourth-order valence-electron chi connectivity index (χ4n) is 2.03. The lowest BCUT2D eigenvalue weighted by Gasteiger charge is -2.13. The Bertz CT molecular complexity index is 472. The number of aryl methyl sites for hydroxylation is 1. The van der Waals surface area contributed by atoms with Crippen molar-refractivity contribution in [2.75, 3.05) is 6.26 Å². The molecule has 0 saturated carbocycles. The second kappa shape index (κ2) is 4.59. The third-order valence-corrected chi connectivity index (χ3v) is 3.30. The fourth-order valence-corrected chi connectivity index (χ4v) is 2.45. The van der Waals surface area contributed by atoms with Gasteiger partial charge in [-0.3, -0.25) is 0 Å². The van der Waals surface area contributed by atoms with Gasteiger partial charge in [0.15, 0.2) is 0 Å². The summed E-state index contributed by atoms with van der Waals surface area (Å²) < 4.78 is 26.8. The van der Waals surface area contributed by atoms with Crippen LogP contribution in [0.4, 0.5) is 0 Å². The summed E-state index contributed by atoms with van der Waals surface area (Å²) in [7, 11) is -3.12. The molecule has 5 heteroatoms. The number of hydrogen-bond acceptors (Lipinski definition) is 2. The summed E-state index contributed by atoms with van der Waals surface area (Å²) in [6.07, 6.45) is 1.18. The van der Waals surface area contributed by atoms with Gasteiger partial charge in [0, 0.05) is 24.0 Å². The van der Waals surface area contributed by atoms with E-state index in [4.69, 9.17) is 0 Å². The fraction of sp³-hybridized carbons (Fsp3) is 0.636. The van der Waals surface area contributed by atoms with Crippen LogP contribution in [0.1, 0.15) is 36.8 Å². The number of rotatable bonds is 4. The van der Waals surface area contributed by atoms with Crippen LogP contribution in [0.5, 0.6) is 0 Å². The number of sulfonamides is 1. The normalized spacial score (nSPS) is 12.4. The highest BCUT2D eigenvalue weighted by atomic mass is 32.2. The van der Waals surface area contributed by atoms with Crippen LogP contribution >= 0.6 is 0 Å². The third-order valence-electron chi connectivity index (χ3n) is 2.63. The Morgan fingerprint density at radius 2 is 1.94 bits per heavy atom. The minimum Gasteiger partial charge on any atom is -0.346 e. The molecule has 4 nitrogen and oxygen atoms in total. The molecule has 0 aliphatic rings. The molecule has 1 rings (SSSR count). The van der Waals surface area contributed by atoms with Crippen molar-refractivity contribution in [3.63, 3.8) is 0 Å². The summed E-state index contributed by atoms with van der Waals surface area (Å²) in [6, 6.07) is 2.43. The maximum absolute atomic E-state index is 11.0. The van der Waals surface area contributed by atoms with Crippen molar-refractivity contribution in [2.24, 2.45) is 0 Å². The van der Waals surface area contributed by atoms with E-state index >= 15 is 0 Å². The van der Waals surface area contributed by atoms with Crippen LogP contribution in [0, 0.1) is 13.8 Å². The van der Waals surface area contributed by atoms with Crippen LogP contribution in [-0.2, 0) is 16.6 Å². The number of nitrogens with zero attached hydrogens (tertiary/aromatic N) is 1. The average Bonchev–Trinajstić information content (AvgIpc) is 2.36. The molecule has 1 aromatic rings. The highest BCUT2D eigenvalue weighted by Crippen LogP contribution is 2.19. The molecule has 0 fully saturated rings. The Balaban J connectivity index is 2.95. The highest BCUT2D eigenvalue weighted by Gasteiger charge is 2.12. The van der Waals surface area contributed by atoms with E-state index in [1.165, 1.54) is 6.26 Å². The molecule has 0 aromatic carbocycles. The molecule has 0 unspecified atom stereocenters. The molecule has 1 N–H and O–H groups in total. The van der Waals surface area contributed by atoms with Gasteiger partial charge in [-0.15, -0.1) is 0 Å². The van der Waals surface area contributed by atoms with Crippen LogP contribution in [0.25, 0.3) is 0 Å². The minimum absolute atomic E-state index is 0.366. The SMILES string of the molecule is Cc1cc(CNS(C)(=O)=O)c(C)n1C(C)C. The van der Waals surface area contributed by atoms with Crippen molar-refractivity contribution >= 4 is 10.0 Å². The molecule has 1 aromatic heterocycles. The predicted octanol–water partition coefficient (Wildman–Crippen LogP) is 1.74. The lowest BCUT2D eigenvalue weighted by atomic mass is 10.2. The summed E-state index contributed by atoms with van der Waals surface area (Å²) in [4.78, 5) is 0. The van der Waals surface area contributed by atoms with E-state index in [0.29, 0.717) is 12.6 Å². The number of hydrogen-bond donors (Lipinski definition) is 1. The van der Waals surface area contributed by atoms with Gasteiger partial charge in [0.1, 0.15) is 0 Å². The van der Waals surface area contributed by atoms with Crippen molar-refractivity contribution < 1.29 is 8.42 Å². The van der Waals surface area contributed by atoms with Crippen LogP contribution < -0.4 is 4.72 Å². The number of aromatic nitrogens is 1. The van der Waals surface area contributed by atoms with Gasteiger partial charge in [-0.2, -0.15) is 0 Å². The zero-order valence-electron chi connectivity index (χ0n) is 10.5. The first-order valence-corrected chi connectivity index (χ1v) is 7.23. The van der Waals surface area contributed by atoms with E-state index in [2.05, 4.69) is 23.1 Å². The summed E-state index contributed by atoms with van der Waals surface area (Å²) in [6.45, 7) is 8.66. The first kappa shape index (κ1) is 13.3. The largest absolute Gasteiger partial charge is 0.346 e. The van der Waals surface area contributed by atoms with Crippen molar-refractivity contribution in [1.29, 1.82) is 0 Å². The molecule has 0 spiro atoms. The van der Waals surface area contributed by atoms with Gasteiger partial charge in [-0.05, 0) is 39.3 Å². The standard InChI is InChI=1S/C11H20N2O2S/c1-8(2)13-9(3)6-11(10(13)4)7-12-16(5,14)15/h6,8,12H,7H2,1-5H3. The monoisotopic (exact) mass is 244 g/mol. The summed E-state index contributed by atoms with van der Waals surface area (Å²) in [5.74, 6) is 0. The van der Waals surface area contributed by atoms with Crippen LogP contribution in [0.15, 0.2) is 6.07 Å². The van der Waals surface area contributed by atoms with Gasteiger partial charge in [-0.25, -0.2) is 13.1 Å².